The van der Waals surface area contributed by atoms with E-state index in [0.717, 1.165) is 0 Å². The topological polar surface area (TPSA) is 68.3 Å². The van der Waals surface area contributed by atoms with Crippen LogP contribution in [0.4, 0.5) is 52.7 Å². The second-order valence-corrected chi connectivity index (χ2v) is 4.04. The number of hydrogen-bond donors (Lipinski definition) is 0. The molecule has 0 atom stereocenters. The average molecular weight is 475 g/mol. The van der Waals surface area contributed by atoms with Crippen molar-refractivity contribution in [2.75, 3.05) is 0 Å². The van der Waals surface area contributed by atoms with E-state index in [1.807, 2.05) is 0 Å². The molecular formula is C10H4CoF12O4. The molecule has 0 heterocycles. The molecule has 0 N–H and O–H groups in total. The summed E-state index contributed by atoms with van der Waals surface area (Å²) in [5.41, 5.74) is 0. The molecule has 161 valence electrons. The van der Waals surface area contributed by atoms with E-state index < -0.39 is 60.7 Å². The van der Waals surface area contributed by atoms with Crippen LogP contribution in [0.2, 0.25) is 0 Å². The molecule has 0 saturated heterocycles. The van der Waals surface area contributed by atoms with Gasteiger partial charge in [-0.3, -0.25) is 19.2 Å². The summed E-state index contributed by atoms with van der Waals surface area (Å²) in [7, 11) is 0. The number of rotatable bonds is 4. The van der Waals surface area contributed by atoms with Crippen molar-refractivity contribution in [1.82, 2.24) is 0 Å². The van der Waals surface area contributed by atoms with Crippen LogP contribution in [0, 0.1) is 0 Å². The summed E-state index contributed by atoms with van der Waals surface area (Å²) in [6.45, 7) is 0. The van der Waals surface area contributed by atoms with E-state index in [1.54, 1.807) is 0 Å². The Hall–Kier alpha value is -1.65. The Kier molecular flexibility index (Phi) is 11.2. The van der Waals surface area contributed by atoms with Crippen LogP contribution in [0.3, 0.4) is 0 Å². The van der Waals surface area contributed by atoms with Gasteiger partial charge in [-0.25, -0.2) is 0 Å². The third-order valence-corrected chi connectivity index (χ3v) is 1.91. The Balaban J connectivity index is -0.000000411. The van der Waals surface area contributed by atoms with Crippen molar-refractivity contribution in [3.05, 3.63) is 0 Å². The molecule has 0 aromatic carbocycles. The minimum absolute atomic E-state index is 0. The van der Waals surface area contributed by atoms with Gasteiger partial charge in [0.05, 0.1) is 12.8 Å². The SMILES string of the molecule is O=C(CC(=O)C(F)(F)F)C(F)(F)F.O=C(CC(=O)C(F)(F)F)C(F)(F)F.[Co]. The molecule has 0 spiro atoms. The van der Waals surface area contributed by atoms with Gasteiger partial charge in [0, 0.05) is 16.8 Å². The van der Waals surface area contributed by atoms with Crippen molar-refractivity contribution in [2.45, 2.75) is 37.5 Å². The molecule has 0 aromatic rings. The smallest absolute Gasteiger partial charge is 0.289 e. The fraction of sp³-hybridized carbons (Fsp3) is 0.600. The first-order valence-corrected chi connectivity index (χ1v) is 5.50. The van der Waals surface area contributed by atoms with E-state index in [1.165, 1.54) is 0 Å². The van der Waals surface area contributed by atoms with Gasteiger partial charge in [-0.15, -0.1) is 0 Å². The molecule has 0 unspecified atom stereocenters. The van der Waals surface area contributed by atoms with Crippen LogP contribution in [0.15, 0.2) is 0 Å². The third-order valence-electron chi connectivity index (χ3n) is 1.91. The number of Topliss-reactive ketones (excluding diaryl/α,β-unsaturated/α-hetero) is 4. The van der Waals surface area contributed by atoms with Crippen LogP contribution < -0.4 is 0 Å². The summed E-state index contributed by atoms with van der Waals surface area (Å²) in [5, 5.41) is 0. The second-order valence-electron chi connectivity index (χ2n) is 4.04. The van der Waals surface area contributed by atoms with Gasteiger partial charge in [0.15, 0.2) is 0 Å². The molecule has 0 rings (SSSR count). The van der Waals surface area contributed by atoms with E-state index in [-0.39, 0.29) is 16.8 Å². The van der Waals surface area contributed by atoms with Crippen LogP contribution in [0.1, 0.15) is 12.8 Å². The van der Waals surface area contributed by atoms with Crippen LogP contribution in [-0.4, -0.2) is 47.8 Å². The zero-order valence-corrected chi connectivity index (χ0v) is 13.0. The summed E-state index contributed by atoms with van der Waals surface area (Å²) in [4.78, 5) is 39.5. The molecule has 0 bridgehead atoms. The maximum Gasteiger partial charge on any atom is 0.450 e. The summed E-state index contributed by atoms with van der Waals surface area (Å²) in [6, 6.07) is 0. The number of ketones is 4. The minimum atomic E-state index is -5.40. The molecule has 0 aliphatic rings. The molecule has 0 amide bonds. The zero-order valence-electron chi connectivity index (χ0n) is 11.9. The predicted octanol–water partition coefficient (Wildman–Crippen LogP) is 3.28. The van der Waals surface area contributed by atoms with Crippen LogP contribution in [0.5, 0.6) is 0 Å². The van der Waals surface area contributed by atoms with Crippen LogP contribution in [0.25, 0.3) is 0 Å². The summed E-state index contributed by atoms with van der Waals surface area (Å²) in [5.74, 6) is -10.8. The third kappa shape index (κ3) is 13.2. The molecule has 0 fully saturated rings. The Morgan fingerprint density at radius 1 is 0.407 bits per heavy atom. The summed E-state index contributed by atoms with van der Waals surface area (Å²) in [6.07, 6.45) is -26.0. The first-order chi connectivity index (χ1) is 11.1. The number of carbonyl (C=O) groups excluding carboxylic acids is 4. The van der Waals surface area contributed by atoms with Crippen molar-refractivity contribution in [3.8, 4) is 0 Å². The maximum absolute atomic E-state index is 11.3. The molecule has 0 aliphatic heterocycles. The largest absolute Gasteiger partial charge is 0.450 e. The maximum atomic E-state index is 11.3. The van der Waals surface area contributed by atoms with Gasteiger partial charge in [-0.1, -0.05) is 0 Å². The van der Waals surface area contributed by atoms with Gasteiger partial charge in [-0.05, 0) is 0 Å². The fourth-order valence-corrected chi connectivity index (χ4v) is 0.693. The molecule has 0 aromatic heterocycles. The number of hydrogen-bond acceptors (Lipinski definition) is 4. The first-order valence-electron chi connectivity index (χ1n) is 5.50. The number of halogens is 12. The first kappa shape index (κ1) is 30.1. The molecule has 0 saturated carbocycles. The van der Waals surface area contributed by atoms with Crippen LogP contribution in [-0.2, 0) is 36.0 Å². The number of alkyl halides is 12. The van der Waals surface area contributed by atoms with Crippen molar-refractivity contribution >= 4 is 23.1 Å². The number of carbonyl (C=O) groups is 4. The monoisotopic (exact) mass is 475 g/mol. The fourth-order valence-electron chi connectivity index (χ4n) is 0.693. The van der Waals surface area contributed by atoms with Gasteiger partial charge >= 0.3 is 24.7 Å². The normalized spacial score (nSPS) is 12.3. The van der Waals surface area contributed by atoms with Crippen LogP contribution >= 0.6 is 0 Å². The minimum Gasteiger partial charge on any atom is -0.289 e. The molecular weight excluding hydrogens is 471 g/mol. The molecule has 17 heteroatoms. The van der Waals surface area contributed by atoms with Crippen molar-refractivity contribution in [3.63, 3.8) is 0 Å². The van der Waals surface area contributed by atoms with Crippen molar-refractivity contribution in [1.29, 1.82) is 0 Å². The Morgan fingerprint density at radius 3 is 0.593 bits per heavy atom. The van der Waals surface area contributed by atoms with Gasteiger partial charge in [0.25, 0.3) is 0 Å². The van der Waals surface area contributed by atoms with Gasteiger partial charge in [-0.2, -0.15) is 52.7 Å². The predicted molar refractivity (Wildman–Crippen MR) is 53.5 cm³/mol. The van der Waals surface area contributed by atoms with Crippen molar-refractivity contribution < 1.29 is 88.6 Å². The quantitative estimate of drug-likeness (QED) is 0.463. The van der Waals surface area contributed by atoms with Crippen molar-refractivity contribution in [2.24, 2.45) is 0 Å². The van der Waals surface area contributed by atoms with Gasteiger partial charge in [0.1, 0.15) is 0 Å². The van der Waals surface area contributed by atoms with E-state index in [2.05, 4.69) is 0 Å². The average Bonchev–Trinajstić information content (AvgIpc) is 2.34. The Bertz CT molecular complexity index is 456. The molecule has 27 heavy (non-hydrogen) atoms. The van der Waals surface area contributed by atoms with E-state index in [9.17, 15) is 71.9 Å². The second kappa shape index (κ2) is 10.0. The summed E-state index contributed by atoms with van der Waals surface area (Å²) < 4.78 is 136. The molecule has 1 radical (unpaired) electrons. The Morgan fingerprint density at radius 2 is 0.519 bits per heavy atom. The van der Waals surface area contributed by atoms with E-state index in [0.29, 0.717) is 0 Å². The van der Waals surface area contributed by atoms with Gasteiger partial charge in [0.2, 0.25) is 23.1 Å². The molecule has 4 nitrogen and oxygen atoms in total. The summed E-state index contributed by atoms with van der Waals surface area (Å²) >= 11 is 0. The van der Waals surface area contributed by atoms with E-state index in [4.69, 9.17) is 0 Å². The zero-order chi connectivity index (χ0) is 21.7. The molecule has 0 aliphatic carbocycles. The standard InChI is InChI=1S/2C5H2F6O2.Co/c2*6-4(7,8)2(12)1-3(13)5(9,10)11;/h2*1H2;. The van der Waals surface area contributed by atoms with E-state index >= 15 is 0 Å². The van der Waals surface area contributed by atoms with Gasteiger partial charge < -0.3 is 0 Å². The Labute approximate surface area is 150 Å².